The van der Waals surface area contributed by atoms with Crippen molar-refractivity contribution in [1.82, 2.24) is 5.32 Å². The molecule has 0 fully saturated rings. The lowest BCUT2D eigenvalue weighted by molar-refractivity contribution is -0.119. The average molecular weight is 400 g/mol. The SMILES string of the molecule is CC(=O)N1CCCc2cc(NC(=O)C(NC(=O)c3cccs3)C(C)C)ccc21. The van der Waals surface area contributed by atoms with Crippen LogP contribution >= 0.6 is 11.3 Å². The van der Waals surface area contributed by atoms with Crippen LogP contribution in [0.5, 0.6) is 0 Å². The van der Waals surface area contributed by atoms with Crippen molar-refractivity contribution in [3.63, 3.8) is 0 Å². The molecule has 0 radical (unpaired) electrons. The zero-order chi connectivity index (χ0) is 20.3. The highest BCUT2D eigenvalue weighted by Crippen LogP contribution is 2.30. The van der Waals surface area contributed by atoms with Crippen molar-refractivity contribution in [1.29, 1.82) is 0 Å². The highest BCUT2D eigenvalue weighted by Gasteiger charge is 2.26. The molecule has 0 spiro atoms. The number of anilines is 2. The van der Waals surface area contributed by atoms with Gasteiger partial charge in [-0.3, -0.25) is 14.4 Å². The number of amides is 3. The molecule has 2 aromatic rings. The van der Waals surface area contributed by atoms with E-state index in [1.54, 1.807) is 24.0 Å². The van der Waals surface area contributed by atoms with Gasteiger partial charge in [-0.1, -0.05) is 19.9 Å². The third-order valence-corrected chi connectivity index (χ3v) is 5.70. The number of nitrogens with zero attached hydrogens (tertiary/aromatic N) is 1. The van der Waals surface area contributed by atoms with Gasteiger partial charge in [0.1, 0.15) is 6.04 Å². The Labute approximate surface area is 168 Å². The summed E-state index contributed by atoms with van der Waals surface area (Å²) in [7, 11) is 0. The first kappa shape index (κ1) is 20.1. The fraction of sp³-hybridized carbons (Fsp3) is 0.381. The monoisotopic (exact) mass is 399 g/mol. The Morgan fingerprint density at radius 2 is 1.96 bits per heavy atom. The van der Waals surface area contributed by atoms with Gasteiger partial charge in [0.25, 0.3) is 5.91 Å². The van der Waals surface area contributed by atoms with E-state index in [4.69, 9.17) is 0 Å². The second kappa shape index (κ2) is 8.56. The third-order valence-electron chi connectivity index (χ3n) is 4.83. The van der Waals surface area contributed by atoms with Crippen LogP contribution in [0.4, 0.5) is 11.4 Å². The summed E-state index contributed by atoms with van der Waals surface area (Å²) in [6.07, 6.45) is 1.76. The number of carbonyl (C=O) groups is 3. The van der Waals surface area contributed by atoms with Gasteiger partial charge in [-0.05, 0) is 54.0 Å². The normalized spacial score (nSPS) is 14.4. The van der Waals surface area contributed by atoms with Gasteiger partial charge in [0.15, 0.2) is 0 Å². The Morgan fingerprint density at radius 3 is 2.61 bits per heavy atom. The molecule has 28 heavy (non-hydrogen) atoms. The molecule has 0 saturated carbocycles. The fourth-order valence-electron chi connectivity index (χ4n) is 3.38. The van der Waals surface area contributed by atoms with Gasteiger partial charge < -0.3 is 15.5 Å². The minimum atomic E-state index is -0.639. The van der Waals surface area contributed by atoms with Gasteiger partial charge in [-0.15, -0.1) is 11.3 Å². The van der Waals surface area contributed by atoms with E-state index in [9.17, 15) is 14.4 Å². The Kier molecular flexibility index (Phi) is 6.14. The number of nitrogens with one attached hydrogen (secondary N) is 2. The fourth-order valence-corrected chi connectivity index (χ4v) is 4.00. The van der Waals surface area contributed by atoms with E-state index < -0.39 is 6.04 Å². The van der Waals surface area contributed by atoms with Crippen molar-refractivity contribution < 1.29 is 14.4 Å². The largest absolute Gasteiger partial charge is 0.339 e. The number of hydrogen-bond acceptors (Lipinski definition) is 4. The second-order valence-electron chi connectivity index (χ2n) is 7.28. The van der Waals surface area contributed by atoms with E-state index in [1.807, 2.05) is 37.4 Å². The highest BCUT2D eigenvalue weighted by atomic mass is 32.1. The summed E-state index contributed by atoms with van der Waals surface area (Å²) >= 11 is 1.34. The maximum atomic E-state index is 12.8. The van der Waals surface area contributed by atoms with Crippen LogP contribution in [0.25, 0.3) is 0 Å². The number of thiophene rings is 1. The number of rotatable bonds is 5. The molecule has 7 heteroatoms. The summed E-state index contributed by atoms with van der Waals surface area (Å²) in [6.45, 7) is 6.08. The Bertz CT molecular complexity index is 877. The zero-order valence-electron chi connectivity index (χ0n) is 16.3. The van der Waals surface area contributed by atoms with E-state index in [0.717, 1.165) is 30.6 Å². The molecular weight excluding hydrogens is 374 g/mol. The Hall–Kier alpha value is -2.67. The summed E-state index contributed by atoms with van der Waals surface area (Å²) in [6, 6.07) is 8.50. The van der Waals surface area contributed by atoms with Crippen LogP contribution in [0.15, 0.2) is 35.7 Å². The van der Waals surface area contributed by atoms with Gasteiger partial charge >= 0.3 is 0 Å². The standard InChI is InChI=1S/C21H25N3O3S/c1-13(2)19(23-20(26)18-7-5-11-28-18)21(27)22-16-8-9-17-15(12-16)6-4-10-24(17)14(3)25/h5,7-9,11-13,19H,4,6,10H2,1-3H3,(H,22,27)(H,23,26). The molecule has 0 bridgehead atoms. The molecule has 1 aromatic carbocycles. The second-order valence-corrected chi connectivity index (χ2v) is 8.23. The molecule has 0 saturated heterocycles. The average Bonchev–Trinajstić information content (AvgIpc) is 3.19. The molecule has 1 atom stereocenters. The van der Waals surface area contributed by atoms with E-state index >= 15 is 0 Å². The molecule has 1 unspecified atom stereocenters. The number of benzene rings is 1. The van der Waals surface area contributed by atoms with Gasteiger partial charge in [-0.25, -0.2) is 0 Å². The van der Waals surface area contributed by atoms with Crippen LogP contribution in [-0.2, 0) is 16.0 Å². The predicted octanol–water partition coefficient (Wildman–Crippen LogP) is 3.44. The molecule has 3 rings (SSSR count). The topological polar surface area (TPSA) is 78.5 Å². The number of fused-ring (bicyclic) bond motifs is 1. The zero-order valence-corrected chi connectivity index (χ0v) is 17.1. The third kappa shape index (κ3) is 4.42. The molecule has 1 aliphatic heterocycles. The van der Waals surface area contributed by atoms with Crippen LogP contribution in [0.1, 0.15) is 42.4 Å². The van der Waals surface area contributed by atoms with Gasteiger partial charge in [0.05, 0.1) is 4.88 Å². The molecule has 3 amide bonds. The number of hydrogen-bond donors (Lipinski definition) is 2. The highest BCUT2D eigenvalue weighted by molar-refractivity contribution is 7.12. The van der Waals surface area contributed by atoms with Crippen molar-refractivity contribution in [3.8, 4) is 0 Å². The van der Waals surface area contributed by atoms with Crippen molar-refractivity contribution in [3.05, 3.63) is 46.2 Å². The summed E-state index contributed by atoms with van der Waals surface area (Å²) in [4.78, 5) is 39.3. The van der Waals surface area contributed by atoms with Crippen LogP contribution in [0, 0.1) is 5.92 Å². The van der Waals surface area contributed by atoms with Crippen molar-refractivity contribution in [2.45, 2.75) is 39.7 Å². The number of aryl methyl sites for hydroxylation is 1. The molecular formula is C21H25N3O3S. The first-order chi connectivity index (χ1) is 13.4. The molecule has 2 heterocycles. The first-order valence-electron chi connectivity index (χ1n) is 9.43. The Morgan fingerprint density at radius 1 is 1.18 bits per heavy atom. The van der Waals surface area contributed by atoms with Crippen LogP contribution in [0.3, 0.4) is 0 Å². The molecule has 2 N–H and O–H groups in total. The molecule has 148 valence electrons. The lowest BCUT2D eigenvalue weighted by Gasteiger charge is -2.29. The molecule has 0 aliphatic carbocycles. The van der Waals surface area contributed by atoms with Crippen LogP contribution in [0.2, 0.25) is 0 Å². The Balaban J connectivity index is 1.73. The summed E-state index contributed by atoms with van der Waals surface area (Å²) < 4.78 is 0. The van der Waals surface area contributed by atoms with Gasteiger partial charge in [-0.2, -0.15) is 0 Å². The summed E-state index contributed by atoms with van der Waals surface area (Å²) in [5.74, 6) is -0.533. The van der Waals surface area contributed by atoms with E-state index in [-0.39, 0.29) is 23.6 Å². The van der Waals surface area contributed by atoms with Gasteiger partial charge in [0.2, 0.25) is 11.8 Å². The lowest BCUT2D eigenvalue weighted by Crippen LogP contribution is -2.47. The summed E-state index contributed by atoms with van der Waals surface area (Å²) in [5, 5.41) is 7.57. The maximum Gasteiger partial charge on any atom is 0.262 e. The van der Waals surface area contributed by atoms with Crippen LogP contribution < -0.4 is 15.5 Å². The van der Waals surface area contributed by atoms with Crippen LogP contribution in [-0.4, -0.2) is 30.3 Å². The van der Waals surface area contributed by atoms with Crippen molar-refractivity contribution in [2.24, 2.45) is 5.92 Å². The van der Waals surface area contributed by atoms with Crippen molar-refractivity contribution in [2.75, 3.05) is 16.8 Å². The minimum absolute atomic E-state index is 0.0221. The van der Waals surface area contributed by atoms with E-state index in [0.29, 0.717) is 10.6 Å². The van der Waals surface area contributed by atoms with Crippen molar-refractivity contribution >= 4 is 40.4 Å². The number of carbonyl (C=O) groups excluding carboxylic acids is 3. The molecule has 6 nitrogen and oxygen atoms in total. The quantitative estimate of drug-likeness (QED) is 0.808. The predicted molar refractivity (Wildman–Crippen MR) is 112 cm³/mol. The maximum absolute atomic E-state index is 12.8. The lowest BCUT2D eigenvalue weighted by atomic mass is 10.00. The summed E-state index contributed by atoms with van der Waals surface area (Å²) in [5.41, 5.74) is 2.62. The molecule has 1 aliphatic rings. The smallest absolute Gasteiger partial charge is 0.262 e. The molecule has 1 aromatic heterocycles. The van der Waals surface area contributed by atoms with E-state index in [1.165, 1.54) is 11.3 Å². The van der Waals surface area contributed by atoms with Gasteiger partial charge in [0, 0.05) is 24.8 Å². The first-order valence-corrected chi connectivity index (χ1v) is 10.3. The minimum Gasteiger partial charge on any atom is -0.339 e. The van der Waals surface area contributed by atoms with E-state index in [2.05, 4.69) is 10.6 Å².